The van der Waals surface area contributed by atoms with E-state index in [0.29, 0.717) is 12.0 Å². The van der Waals surface area contributed by atoms with Crippen molar-refractivity contribution in [3.8, 4) is 22.3 Å². The summed E-state index contributed by atoms with van der Waals surface area (Å²) in [6.45, 7) is 2.22. The van der Waals surface area contributed by atoms with Gasteiger partial charge >= 0.3 is 0 Å². The van der Waals surface area contributed by atoms with E-state index in [0.717, 1.165) is 13.1 Å². The molecule has 26 heavy (non-hydrogen) atoms. The molecule has 2 atom stereocenters. The average molecular weight is 340 g/mol. The van der Waals surface area contributed by atoms with Crippen molar-refractivity contribution in [1.82, 2.24) is 5.32 Å². The number of hydrogen-bond donors (Lipinski definition) is 2. The highest BCUT2D eigenvalue weighted by atomic mass is 15.0. The van der Waals surface area contributed by atoms with E-state index in [4.69, 9.17) is 0 Å². The average Bonchev–Trinajstić information content (AvgIpc) is 2.90. The van der Waals surface area contributed by atoms with Crippen LogP contribution in [-0.4, -0.2) is 19.1 Å². The van der Waals surface area contributed by atoms with E-state index >= 15 is 0 Å². The topological polar surface area (TPSA) is 24.1 Å². The first kappa shape index (κ1) is 15.7. The fourth-order valence-corrected chi connectivity index (χ4v) is 4.60. The molecule has 0 spiro atoms. The third-order valence-electron chi connectivity index (χ3n) is 5.85. The molecule has 0 bridgehead atoms. The fraction of sp³-hybridized carbons (Fsp3) is 0.250. The molecule has 3 aromatic carbocycles. The molecule has 0 saturated carbocycles. The van der Waals surface area contributed by atoms with Crippen molar-refractivity contribution in [3.63, 3.8) is 0 Å². The predicted molar refractivity (Wildman–Crippen MR) is 110 cm³/mol. The number of rotatable bonds is 2. The van der Waals surface area contributed by atoms with Gasteiger partial charge in [0.2, 0.25) is 0 Å². The van der Waals surface area contributed by atoms with E-state index in [1.807, 2.05) is 0 Å². The predicted octanol–water partition coefficient (Wildman–Crippen LogP) is 5.28. The second kappa shape index (κ2) is 6.62. The van der Waals surface area contributed by atoms with Crippen LogP contribution >= 0.6 is 0 Å². The molecule has 0 aromatic heterocycles. The third kappa shape index (κ3) is 2.71. The van der Waals surface area contributed by atoms with Crippen molar-refractivity contribution in [2.24, 2.45) is 0 Å². The van der Waals surface area contributed by atoms with E-state index in [1.54, 1.807) is 0 Å². The monoisotopic (exact) mass is 340 g/mol. The zero-order valence-electron chi connectivity index (χ0n) is 14.9. The Balaban J connectivity index is 1.60. The van der Waals surface area contributed by atoms with Crippen LogP contribution in [0, 0.1) is 0 Å². The van der Waals surface area contributed by atoms with Crippen LogP contribution in [0.2, 0.25) is 0 Å². The minimum atomic E-state index is 0.568. The maximum absolute atomic E-state index is 3.79. The number of anilines is 1. The van der Waals surface area contributed by atoms with Gasteiger partial charge in [0.15, 0.2) is 0 Å². The van der Waals surface area contributed by atoms with Gasteiger partial charge in [0.25, 0.3) is 0 Å². The molecule has 2 heterocycles. The molecule has 0 radical (unpaired) electrons. The third-order valence-corrected chi connectivity index (χ3v) is 5.85. The lowest BCUT2D eigenvalue weighted by atomic mass is 9.85. The van der Waals surface area contributed by atoms with Crippen LogP contribution in [0.1, 0.15) is 24.3 Å². The number of benzene rings is 3. The number of hydrogen-bond acceptors (Lipinski definition) is 2. The van der Waals surface area contributed by atoms with Gasteiger partial charge in [0.1, 0.15) is 0 Å². The molecule has 3 aromatic rings. The molecule has 2 aliphatic rings. The van der Waals surface area contributed by atoms with Gasteiger partial charge in [-0.05, 0) is 65.9 Å². The van der Waals surface area contributed by atoms with E-state index in [2.05, 4.69) is 83.4 Å². The highest BCUT2D eigenvalue weighted by Crippen LogP contribution is 2.45. The van der Waals surface area contributed by atoms with Gasteiger partial charge in [0, 0.05) is 17.6 Å². The Morgan fingerprint density at radius 2 is 1.46 bits per heavy atom. The molecule has 2 nitrogen and oxygen atoms in total. The maximum atomic E-state index is 3.79. The molecular weight excluding hydrogens is 316 g/mol. The summed E-state index contributed by atoms with van der Waals surface area (Å²) in [5.41, 5.74) is 8.13. The smallest absolute Gasteiger partial charge is 0.0384 e. The molecule has 1 fully saturated rings. The SMILES string of the molecule is c1ccc(-c2cccc(-c3cccc4c3[C@@H]3CCNCC[C@@H]3N4)c2)cc1. The summed E-state index contributed by atoms with van der Waals surface area (Å²) < 4.78 is 0. The van der Waals surface area contributed by atoms with Crippen molar-refractivity contribution in [3.05, 3.63) is 78.4 Å². The highest BCUT2D eigenvalue weighted by molar-refractivity contribution is 5.80. The van der Waals surface area contributed by atoms with Crippen LogP contribution < -0.4 is 10.6 Å². The second-order valence-electron chi connectivity index (χ2n) is 7.40. The van der Waals surface area contributed by atoms with Gasteiger partial charge in [0.05, 0.1) is 0 Å². The summed E-state index contributed by atoms with van der Waals surface area (Å²) in [6, 6.07) is 27.0. The van der Waals surface area contributed by atoms with Gasteiger partial charge in [-0.3, -0.25) is 0 Å². The van der Waals surface area contributed by atoms with Gasteiger partial charge < -0.3 is 10.6 Å². The van der Waals surface area contributed by atoms with Crippen molar-refractivity contribution in [2.45, 2.75) is 24.8 Å². The minimum absolute atomic E-state index is 0.568. The molecule has 5 rings (SSSR count). The van der Waals surface area contributed by atoms with Crippen LogP contribution in [0.4, 0.5) is 5.69 Å². The van der Waals surface area contributed by atoms with Crippen LogP contribution in [-0.2, 0) is 0 Å². The Morgan fingerprint density at radius 1 is 0.692 bits per heavy atom. The van der Waals surface area contributed by atoms with Gasteiger partial charge in [-0.15, -0.1) is 0 Å². The summed E-state index contributed by atoms with van der Waals surface area (Å²) in [5, 5.41) is 7.35. The van der Waals surface area contributed by atoms with Gasteiger partial charge in [-0.1, -0.05) is 60.7 Å². The van der Waals surface area contributed by atoms with E-state index in [9.17, 15) is 0 Å². The molecule has 2 heteroatoms. The lowest BCUT2D eigenvalue weighted by Crippen LogP contribution is -2.21. The van der Waals surface area contributed by atoms with Crippen LogP contribution in [0.15, 0.2) is 72.8 Å². The lowest BCUT2D eigenvalue weighted by molar-refractivity contribution is 0.579. The summed E-state index contributed by atoms with van der Waals surface area (Å²) >= 11 is 0. The Hall–Kier alpha value is -2.58. The van der Waals surface area contributed by atoms with E-state index < -0.39 is 0 Å². The standard InChI is InChI=1S/C24H24N2/c1-2-6-17(7-3-1)18-8-4-9-19(16-18)20-10-5-11-23-24(20)21-12-14-25-15-13-22(21)26-23/h1-11,16,21-22,25-26H,12-15H2/t21-,22+/m1/s1. The Morgan fingerprint density at radius 3 is 2.38 bits per heavy atom. The van der Waals surface area contributed by atoms with Gasteiger partial charge in [-0.2, -0.15) is 0 Å². The van der Waals surface area contributed by atoms with Gasteiger partial charge in [-0.25, -0.2) is 0 Å². The lowest BCUT2D eigenvalue weighted by Gasteiger charge is -2.18. The van der Waals surface area contributed by atoms with Crippen LogP contribution in [0.5, 0.6) is 0 Å². The molecule has 0 amide bonds. The quantitative estimate of drug-likeness (QED) is 0.663. The highest BCUT2D eigenvalue weighted by Gasteiger charge is 2.34. The van der Waals surface area contributed by atoms with E-state index in [-0.39, 0.29) is 0 Å². The number of nitrogens with one attached hydrogen (secondary N) is 2. The molecule has 1 saturated heterocycles. The Kier molecular flexibility index (Phi) is 3.99. The van der Waals surface area contributed by atoms with Crippen LogP contribution in [0.3, 0.4) is 0 Å². The fourth-order valence-electron chi connectivity index (χ4n) is 4.60. The maximum Gasteiger partial charge on any atom is 0.0384 e. The zero-order valence-corrected chi connectivity index (χ0v) is 14.9. The first-order chi connectivity index (χ1) is 12.9. The first-order valence-electron chi connectivity index (χ1n) is 9.66. The zero-order chi connectivity index (χ0) is 17.3. The van der Waals surface area contributed by atoms with Crippen molar-refractivity contribution >= 4 is 5.69 Å². The molecule has 0 aliphatic carbocycles. The second-order valence-corrected chi connectivity index (χ2v) is 7.40. The molecule has 2 aliphatic heterocycles. The Labute approximate surface area is 155 Å². The summed E-state index contributed by atoms with van der Waals surface area (Å²) in [7, 11) is 0. The largest absolute Gasteiger partial charge is 0.381 e. The van der Waals surface area contributed by atoms with Crippen molar-refractivity contribution < 1.29 is 0 Å². The van der Waals surface area contributed by atoms with Crippen LogP contribution in [0.25, 0.3) is 22.3 Å². The normalized spacial score (nSPS) is 21.4. The minimum Gasteiger partial charge on any atom is -0.381 e. The summed E-state index contributed by atoms with van der Waals surface area (Å²) in [4.78, 5) is 0. The first-order valence-corrected chi connectivity index (χ1v) is 9.66. The summed E-state index contributed by atoms with van der Waals surface area (Å²) in [6.07, 6.45) is 2.41. The molecule has 2 N–H and O–H groups in total. The summed E-state index contributed by atoms with van der Waals surface area (Å²) in [5.74, 6) is 0.608. The molecule has 130 valence electrons. The van der Waals surface area contributed by atoms with E-state index in [1.165, 1.54) is 46.3 Å². The van der Waals surface area contributed by atoms with Crippen molar-refractivity contribution in [2.75, 3.05) is 18.4 Å². The number of fused-ring (bicyclic) bond motifs is 3. The Bertz CT molecular complexity index is 917. The van der Waals surface area contributed by atoms with Crippen molar-refractivity contribution in [1.29, 1.82) is 0 Å². The molecule has 0 unspecified atom stereocenters. The molecular formula is C24H24N2.